The van der Waals surface area contributed by atoms with Gasteiger partial charge in [0.05, 0.1) is 12.6 Å². The van der Waals surface area contributed by atoms with Crippen LogP contribution in [0.2, 0.25) is 0 Å². The van der Waals surface area contributed by atoms with Crippen LogP contribution in [0.15, 0.2) is 0 Å². The molecule has 0 aliphatic carbocycles. The van der Waals surface area contributed by atoms with Crippen molar-refractivity contribution in [2.45, 2.75) is 12.5 Å². The Bertz CT molecular complexity index is 214. The summed E-state index contributed by atoms with van der Waals surface area (Å²) in [7, 11) is 0. The summed E-state index contributed by atoms with van der Waals surface area (Å²) in [5.74, 6) is 1.68. The molecule has 0 aromatic heterocycles. The smallest absolute Gasteiger partial charge is 0.261 e. The first kappa shape index (κ1) is 13.7. The molecule has 0 bridgehead atoms. The van der Waals surface area contributed by atoms with Gasteiger partial charge in [-0.1, -0.05) is 0 Å². The molecule has 0 radical (unpaired) electrons. The van der Waals surface area contributed by atoms with Gasteiger partial charge in [0.25, 0.3) is 6.43 Å². The number of carbonyl (C=O) groups is 1. The molecule has 7 heteroatoms. The second kappa shape index (κ2) is 7.81. The third-order valence-electron chi connectivity index (χ3n) is 2.03. The van der Waals surface area contributed by atoms with E-state index in [-0.39, 0.29) is 25.1 Å². The van der Waals surface area contributed by atoms with Crippen LogP contribution in [0.4, 0.5) is 8.78 Å². The Balaban J connectivity index is 2.01. The first-order valence-corrected chi connectivity index (χ1v) is 6.30. The average molecular weight is 254 g/mol. The molecule has 0 aromatic carbocycles. The van der Waals surface area contributed by atoms with E-state index in [1.807, 2.05) is 0 Å². The Morgan fingerprint density at radius 1 is 1.62 bits per heavy atom. The summed E-state index contributed by atoms with van der Waals surface area (Å²) < 4.78 is 28.0. The molecule has 1 amide bonds. The van der Waals surface area contributed by atoms with Crippen LogP contribution in [0.5, 0.6) is 0 Å². The molecular formula is C9H16F2N2O2S. The van der Waals surface area contributed by atoms with Gasteiger partial charge in [0.15, 0.2) is 0 Å². The lowest BCUT2D eigenvalue weighted by Crippen LogP contribution is -2.49. The number of carbonyl (C=O) groups excluding carboxylic acids is 1. The largest absolute Gasteiger partial charge is 0.374 e. The van der Waals surface area contributed by atoms with E-state index in [4.69, 9.17) is 0 Å². The van der Waals surface area contributed by atoms with Crippen LogP contribution in [-0.2, 0) is 9.53 Å². The number of nitrogens with one attached hydrogen (secondary N) is 2. The highest BCUT2D eigenvalue weighted by molar-refractivity contribution is 7.99. The molecule has 1 aliphatic heterocycles. The van der Waals surface area contributed by atoms with Crippen molar-refractivity contribution in [3.05, 3.63) is 0 Å². The highest BCUT2D eigenvalue weighted by atomic mass is 32.2. The molecule has 94 valence electrons. The average Bonchev–Trinajstić information content (AvgIpc) is 2.29. The predicted molar refractivity (Wildman–Crippen MR) is 58.9 cm³/mol. The maximum absolute atomic E-state index is 11.7. The van der Waals surface area contributed by atoms with Gasteiger partial charge in [-0.3, -0.25) is 4.79 Å². The first-order valence-electron chi connectivity index (χ1n) is 5.15. The molecular weight excluding hydrogens is 238 g/mol. The van der Waals surface area contributed by atoms with Crippen molar-refractivity contribution in [1.29, 1.82) is 0 Å². The van der Waals surface area contributed by atoms with Crippen LogP contribution >= 0.6 is 11.8 Å². The van der Waals surface area contributed by atoms with Crippen LogP contribution in [0.1, 0.15) is 0 Å². The number of rotatable bonds is 6. The standard InChI is InChI=1S/C9H16F2N2O2S/c10-8(11)5-15-3-1-13-9(14)7-6-16-4-2-12-7/h7-8,12H,1-6H2,(H,13,14). The topological polar surface area (TPSA) is 50.4 Å². The van der Waals surface area contributed by atoms with Crippen molar-refractivity contribution < 1.29 is 18.3 Å². The lowest BCUT2D eigenvalue weighted by molar-refractivity contribution is -0.122. The zero-order valence-corrected chi connectivity index (χ0v) is 9.69. The van der Waals surface area contributed by atoms with Crippen molar-refractivity contribution in [2.24, 2.45) is 0 Å². The number of hydrogen-bond donors (Lipinski definition) is 2. The van der Waals surface area contributed by atoms with Gasteiger partial charge >= 0.3 is 0 Å². The van der Waals surface area contributed by atoms with Gasteiger partial charge in [0.1, 0.15) is 6.61 Å². The van der Waals surface area contributed by atoms with Crippen LogP contribution in [0.25, 0.3) is 0 Å². The Kier molecular flexibility index (Phi) is 6.67. The van der Waals surface area contributed by atoms with Crippen molar-refractivity contribution in [3.63, 3.8) is 0 Å². The Hall–Kier alpha value is -0.400. The summed E-state index contributed by atoms with van der Waals surface area (Å²) in [6.07, 6.45) is -2.45. The summed E-state index contributed by atoms with van der Waals surface area (Å²) in [4.78, 5) is 11.5. The first-order chi connectivity index (χ1) is 7.70. The summed E-state index contributed by atoms with van der Waals surface area (Å²) in [6.45, 7) is 0.641. The van der Waals surface area contributed by atoms with E-state index in [2.05, 4.69) is 15.4 Å². The van der Waals surface area contributed by atoms with E-state index in [1.165, 1.54) is 0 Å². The summed E-state index contributed by atoms with van der Waals surface area (Å²) in [5.41, 5.74) is 0. The zero-order valence-electron chi connectivity index (χ0n) is 8.88. The van der Waals surface area contributed by atoms with Crippen molar-refractivity contribution in [3.8, 4) is 0 Å². The fraction of sp³-hybridized carbons (Fsp3) is 0.889. The fourth-order valence-corrected chi connectivity index (χ4v) is 2.21. The molecule has 0 aromatic rings. The summed E-state index contributed by atoms with van der Waals surface area (Å²) in [6, 6.07) is -0.172. The maximum atomic E-state index is 11.7. The normalized spacial score (nSPS) is 21.1. The number of alkyl halides is 2. The summed E-state index contributed by atoms with van der Waals surface area (Å²) in [5, 5.41) is 5.73. The van der Waals surface area contributed by atoms with E-state index in [0.717, 1.165) is 18.1 Å². The molecule has 1 aliphatic rings. The minimum atomic E-state index is -2.45. The minimum Gasteiger partial charge on any atom is -0.374 e. The van der Waals surface area contributed by atoms with Crippen LogP contribution in [-0.4, -0.2) is 56.2 Å². The fourth-order valence-electron chi connectivity index (χ4n) is 1.28. The predicted octanol–water partition coefficient (Wildman–Crippen LogP) is 0.0893. The molecule has 16 heavy (non-hydrogen) atoms. The summed E-state index contributed by atoms with van der Waals surface area (Å²) >= 11 is 1.73. The van der Waals surface area contributed by atoms with Crippen molar-refractivity contribution in [2.75, 3.05) is 37.8 Å². The second-order valence-corrected chi connectivity index (χ2v) is 4.49. The molecule has 2 N–H and O–H groups in total. The third-order valence-corrected chi connectivity index (χ3v) is 3.09. The molecule has 1 atom stereocenters. The quantitative estimate of drug-likeness (QED) is 0.660. The van der Waals surface area contributed by atoms with E-state index >= 15 is 0 Å². The van der Waals surface area contributed by atoms with Gasteiger partial charge in [0, 0.05) is 24.6 Å². The minimum absolute atomic E-state index is 0.0900. The van der Waals surface area contributed by atoms with Gasteiger partial charge < -0.3 is 15.4 Å². The highest BCUT2D eigenvalue weighted by Crippen LogP contribution is 2.07. The van der Waals surface area contributed by atoms with Gasteiger partial charge in [0.2, 0.25) is 5.91 Å². The van der Waals surface area contributed by atoms with Crippen molar-refractivity contribution in [1.82, 2.24) is 10.6 Å². The second-order valence-electron chi connectivity index (χ2n) is 3.34. The molecule has 4 nitrogen and oxygen atoms in total. The maximum Gasteiger partial charge on any atom is 0.261 e. The number of ether oxygens (including phenoxy) is 1. The van der Waals surface area contributed by atoms with E-state index < -0.39 is 13.0 Å². The zero-order chi connectivity index (χ0) is 11.8. The lowest BCUT2D eigenvalue weighted by atomic mass is 10.3. The van der Waals surface area contributed by atoms with E-state index in [9.17, 15) is 13.6 Å². The lowest BCUT2D eigenvalue weighted by Gasteiger charge is -2.22. The SMILES string of the molecule is O=C(NCCOCC(F)F)C1CSCCN1. The molecule has 0 saturated carbocycles. The Morgan fingerprint density at radius 3 is 3.06 bits per heavy atom. The van der Waals surface area contributed by atoms with Crippen molar-refractivity contribution >= 4 is 17.7 Å². The van der Waals surface area contributed by atoms with Crippen LogP contribution in [0.3, 0.4) is 0 Å². The Labute approximate surface area is 97.5 Å². The Morgan fingerprint density at radius 2 is 2.44 bits per heavy atom. The number of amides is 1. The van der Waals surface area contributed by atoms with Gasteiger partial charge in [-0.05, 0) is 0 Å². The molecule has 1 fully saturated rings. The van der Waals surface area contributed by atoms with Crippen LogP contribution in [0, 0.1) is 0 Å². The van der Waals surface area contributed by atoms with Gasteiger partial charge in [-0.25, -0.2) is 8.78 Å². The van der Waals surface area contributed by atoms with Crippen LogP contribution < -0.4 is 10.6 Å². The molecule has 1 heterocycles. The van der Waals surface area contributed by atoms with E-state index in [1.54, 1.807) is 11.8 Å². The monoisotopic (exact) mass is 254 g/mol. The van der Waals surface area contributed by atoms with Gasteiger partial charge in [-0.2, -0.15) is 11.8 Å². The van der Waals surface area contributed by atoms with Gasteiger partial charge in [-0.15, -0.1) is 0 Å². The third kappa shape index (κ3) is 5.62. The molecule has 1 rings (SSSR count). The number of halogens is 2. The number of hydrogen-bond acceptors (Lipinski definition) is 4. The number of thioether (sulfide) groups is 1. The molecule has 1 unspecified atom stereocenters. The highest BCUT2D eigenvalue weighted by Gasteiger charge is 2.19. The molecule has 1 saturated heterocycles. The van der Waals surface area contributed by atoms with E-state index in [0.29, 0.717) is 0 Å². The molecule has 0 spiro atoms.